The maximum atomic E-state index is 6.36. The smallest absolute Gasteiger partial charge is 0.135 e. The van der Waals surface area contributed by atoms with E-state index in [2.05, 4.69) is 146 Å². The molecule has 52 heavy (non-hydrogen) atoms. The highest BCUT2D eigenvalue weighted by Crippen LogP contribution is 2.54. The van der Waals surface area contributed by atoms with Gasteiger partial charge in [-0.2, -0.15) is 0 Å². The number of hydrogen-bond donors (Lipinski definition) is 0. The van der Waals surface area contributed by atoms with Crippen LogP contribution in [0, 0.1) is 104 Å². The zero-order valence-corrected chi connectivity index (χ0v) is 33.9. The van der Waals surface area contributed by atoms with Crippen LogP contribution in [-0.4, -0.2) is 0 Å². The largest absolute Gasteiger partial charge is 0.456 e. The van der Waals surface area contributed by atoms with Crippen LogP contribution in [0.15, 0.2) is 46.9 Å². The van der Waals surface area contributed by atoms with Gasteiger partial charge in [-0.05, 0) is 260 Å². The van der Waals surface area contributed by atoms with E-state index in [0.717, 1.165) is 16.6 Å². The fourth-order valence-electron chi connectivity index (χ4n) is 9.80. The van der Waals surface area contributed by atoms with Gasteiger partial charge < -0.3 is 4.42 Å². The highest BCUT2D eigenvalue weighted by molar-refractivity contribution is 6.28. The molecular weight excluding hydrogens is 629 g/mol. The van der Waals surface area contributed by atoms with Crippen LogP contribution in [0.1, 0.15) is 83.5 Å². The number of hydrogen-bond acceptors (Lipinski definition) is 1. The van der Waals surface area contributed by atoms with Crippen LogP contribution in [-0.2, 0) is 0 Å². The third-order valence-corrected chi connectivity index (χ3v) is 14.1. The molecule has 0 saturated heterocycles. The predicted molar refractivity (Wildman–Crippen MR) is 228 cm³/mol. The Hall–Kier alpha value is -4.88. The molecule has 0 aliphatic heterocycles. The molecule has 0 bridgehead atoms. The number of benzene rings is 7. The summed E-state index contributed by atoms with van der Waals surface area (Å²) in [6.07, 6.45) is 0. The summed E-state index contributed by atoms with van der Waals surface area (Å²) in [6, 6.07) is 15.4. The molecule has 1 nitrogen and oxygen atoms in total. The number of aryl methyl sites for hydroxylation is 7. The lowest BCUT2D eigenvalue weighted by molar-refractivity contribution is 0.669. The van der Waals surface area contributed by atoms with Crippen molar-refractivity contribution in [1.29, 1.82) is 0 Å². The topological polar surface area (TPSA) is 13.1 Å². The van der Waals surface area contributed by atoms with Crippen molar-refractivity contribution in [1.82, 2.24) is 0 Å². The molecular formula is C51H52O. The fourth-order valence-corrected chi connectivity index (χ4v) is 9.80. The van der Waals surface area contributed by atoms with Gasteiger partial charge in [0.15, 0.2) is 0 Å². The molecule has 1 heterocycles. The Labute approximate surface area is 309 Å². The van der Waals surface area contributed by atoms with E-state index in [0.29, 0.717) is 0 Å². The molecule has 8 rings (SSSR count). The Morgan fingerprint density at radius 2 is 0.654 bits per heavy atom. The molecule has 0 radical (unpaired) electrons. The summed E-state index contributed by atoms with van der Waals surface area (Å²) >= 11 is 0. The molecule has 1 heteroatoms. The molecule has 8 aromatic rings. The summed E-state index contributed by atoms with van der Waals surface area (Å²) in [7, 11) is 0. The van der Waals surface area contributed by atoms with Gasteiger partial charge in [0.05, 0.1) is 0 Å². The third-order valence-electron chi connectivity index (χ3n) is 14.1. The van der Waals surface area contributed by atoms with Crippen LogP contribution in [0.2, 0.25) is 0 Å². The first-order valence-electron chi connectivity index (χ1n) is 19.0. The first-order chi connectivity index (χ1) is 24.6. The fraction of sp³-hybridized carbons (Fsp3) is 0.294. The van der Waals surface area contributed by atoms with Crippen LogP contribution in [0.3, 0.4) is 0 Å². The Balaban J connectivity index is 1.75. The van der Waals surface area contributed by atoms with Crippen LogP contribution < -0.4 is 0 Å². The lowest BCUT2D eigenvalue weighted by Crippen LogP contribution is -2.06. The average molecular weight is 681 g/mol. The maximum Gasteiger partial charge on any atom is 0.135 e. The average Bonchev–Trinajstić information content (AvgIpc) is 3.51. The molecule has 0 aliphatic rings. The maximum absolute atomic E-state index is 6.36. The summed E-state index contributed by atoms with van der Waals surface area (Å²) < 4.78 is 6.36. The standard InChI is InChI=1S/C51H52O/c1-23-24(2)32(10)44-43(30(23)8)31(9)29(7)37(15)47(44)51-48-35(13)27(5)25(3)33(11)45(48)50(46-34(12)26(4)28(6)36(14)49(46)51)38-20-21-42-40(22-38)39-18-16-17-19-41(39)52-42/h16-22H,1-15H3. The van der Waals surface area contributed by atoms with Gasteiger partial charge >= 0.3 is 0 Å². The quantitative estimate of drug-likeness (QED) is 0.166. The van der Waals surface area contributed by atoms with Gasteiger partial charge in [-0.3, -0.25) is 0 Å². The van der Waals surface area contributed by atoms with Crippen molar-refractivity contribution in [2.75, 3.05) is 0 Å². The zero-order chi connectivity index (χ0) is 37.4. The first-order valence-corrected chi connectivity index (χ1v) is 19.0. The van der Waals surface area contributed by atoms with Gasteiger partial charge in [-0.1, -0.05) is 24.3 Å². The molecule has 0 atom stereocenters. The lowest BCUT2D eigenvalue weighted by atomic mass is 9.74. The summed E-state index contributed by atoms with van der Waals surface area (Å²) in [5, 5.41) is 10.7. The summed E-state index contributed by atoms with van der Waals surface area (Å²) in [6.45, 7) is 35.2. The monoisotopic (exact) mass is 680 g/mol. The highest BCUT2D eigenvalue weighted by atomic mass is 16.3. The number of rotatable bonds is 2. The molecule has 0 fully saturated rings. The van der Waals surface area contributed by atoms with E-state index in [1.54, 1.807) is 0 Å². The highest BCUT2D eigenvalue weighted by Gasteiger charge is 2.29. The van der Waals surface area contributed by atoms with E-state index in [4.69, 9.17) is 4.42 Å². The molecule has 0 aliphatic carbocycles. The van der Waals surface area contributed by atoms with Crippen molar-refractivity contribution in [2.45, 2.75) is 104 Å². The van der Waals surface area contributed by atoms with Crippen molar-refractivity contribution in [3.63, 3.8) is 0 Å². The molecule has 0 spiro atoms. The molecule has 1 aromatic heterocycles. The summed E-state index contributed by atoms with van der Waals surface area (Å²) in [5.74, 6) is 0. The van der Waals surface area contributed by atoms with E-state index >= 15 is 0 Å². The number of furan rings is 1. The lowest BCUT2D eigenvalue weighted by Gasteiger charge is -2.30. The SMILES string of the molecule is Cc1c(C)c(C)c2c(-c3c4c(C)c(C)c(C)c(C)c4c(-c4ccc5oc6ccccc6c5c4)c4c(C)c(C)c(C)c(C)c34)c(C)c(C)c(C)c2c1C. The summed E-state index contributed by atoms with van der Waals surface area (Å²) in [5.41, 5.74) is 28.1. The minimum atomic E-state index is 0.934. The molecule has 0 unspecified atom stereocenters. The second-order valence-corrected chi connectivity index (χ2v) is 16.1. The van der Waals surface area contributed by atoms with E-state index in [-0.39, 0.29) is 0 Å². The van der Waals surface area contributed by atoms with Crippen molar-refractivity contribution < 1.29 is 4.42 Å². The van der Waals surface area contributed by atoms with E-state index in [1.165, 1.54) is 143 Å². The minimum Gasteiger partial charge on any atom is -0.456 e. The second-order valence-electron chi connectivity index (χ2n) is 16.1. The minimum absolute atomic E-state index is 0.934. The Morgan fingerprint density at radius 3 is 1.13 bits per heavy atom. The molecule has 0 N–H and O–H groups in total. The van der Waals surface area contributed by atoms with Crippen LogP contribution in [0.25, 0.3) is 76.5 Å². The number of para-hydroxylation sites is 1. The first kappa shape index (κ1) is 34.2. The third kappa shape index (κ3) is 4.29. The normalized spacial score (nSPS) is 12.1. The Bertz CT molecular complexity index is 2830. The van der Waals surface area contributed by atoms with Gasteiger partial charge in [-0.15, -0.1) is 0 Å². The Kier molecular flexibility index (Phi) is 7.61. The van der Waals surface area contributed by atoms with Crippen molar-refractivity contribution in [3.05, 3.63) is 126 Å². The number of fused-ring (bicyclic) bond motifs is 6. The summed E-state index contributed by atoms with van der Waals surface area (Å²) in [4.78, 5) is 0. The van der Waals surface area contributed by atoms with Gasteiger partial charge in [0.25, 0.3) is 0 Å². The second kappa shape index (κ2) is 11.6. The molecule has 0 amide bonds. The van der Waals surface area contributed by atoms with Crippen LogP contribution in [0.5, 0.6) is 0 Å². The van der Waals surface area contributed by atoms with Gasteiger partial charge in [0, 0.05) is 10.8 Å². The Morgan fingerprint density at radius 1 is 0.288 bits per heavy atom. The molecule has 0 saturated carbocycles. The van der Waals surface area contributed by atoms with Crippen molar-refractivity contribution >= 4 is 54.3 Å². The predicted octanol–water partition coefficient (Wildman–Crippen LogP) is 15.0. The van der Waals surface area contributed by atoms with E-state index in [1.807, 2.05) is 0 Å². The van der Waals surface area contributed by atoms with E-state index < -0.39 is 0 Å². The molecule has 262 valence electrons. The van der Waals surface area contributed by atoms with Crippen molar-refractivity contribution in [2.24, 2.45) is 0 Å². The van der Waals surface area contributed by atoms with Crippen LogP contribution >= 0.6 is 0 Å². The van der Waals surface area contributed by atoms with Gasteiger partial charge in [0.1, 0.15) is 11.2 Å². The van der Waals surface area contributed by atoms with Crippen molar-refractivity contribution in [3.8, 4) is 22.3 Å². The van der Waals surface area contributed by atoms with Gasteiger partial charge in [-0.25, -0.2) is 0 Å². The van der Waals surface area contributed by atoms with Gasteiger partial charge in [0.2, 0.25) is 0 Å². The zero-order valence-electron chi connectivity index (χ0n) is 33.9. The molecule has 7 aromatic carbocycles. The van der Waals surface area contributed by atoms with E-state index in [9.17, 15) is 0 Å². The van der Waals surface area contributed by atoms with Crippen LogP contribution in [0.4, 0.5) is 0 Å².